The van der Waals surface area contributed by atoms with Crippen molar-refractivity contribution in [2.75, 3.05) is 17.6 Å². The van der Waals surface area contributed by atoms with Gasteiger partial charge in [-0.15, -0.1) is 0 Å². The number of nitrogens with two attached hydrogens (primary N) is 1. The van der Waals surface area contributed by atoms with Crippen LogP contribution in [0.25, 0.3) is 5.83 Å². The van der Waals surface area contributed by atoms with Gasteiger partial charge in [-0.3, -0.25) is 4.79 Å². The Balaban J connectivity index is 1.99. The average Bonchev–Trinajstić information content (AvgIpc) is 2.83. The molecule has 3 aromatic carbocycles. The van der Waals surface area contributed by atoms with Crippen LogP contribution < -0.4 is 11.1 Å². The first-order chi connectivity index (χ1) is 17.6. The van der Waals surface area contributed by atoms with Gasteiger partial charge in [0.05, 0.1) is 38.6 Å². The van der Waals surface area contributed by atoms with Crippen molar-refractivity contribution in [3.63, 3.8) is 0 Å². The summed E-state index contributed by atoms with van der Waals surface area (Å²) >= 11 is 17.3. The summed E-state index contributed by atoms with van der Waals surface area (Å²) in [4.78, 5) is 12.6. The van der Waals surface area contributed by atoms with Crippen LogP contribution in [0.2, 0.25) is 15.1 Å². The van der Waals surface area contributed by atoms with Crippen LogP contribution in [0, 0.1) is 0 Å². The molecule has 0 aliphatic heterocycles. The molecular weight excluding hydrogens is 584 g/mol. The predicted molar refractivity (Wildman–Crippen MR) is 134 cm³/mol. The molecule has 0 amide bonds. The first-order valence-electron chi connectivity index (χ1n) is 10.5. The smallest absolute Gasteiger partial charge is 0.397 e. The van der Waals surface area contributed by atoms with Crippen LogP contribution in [-0.2, 0) is 6.18 Å². The van der Waals surface area contributed by atoms with E-state index in [1.807, 2.05) is 0 Å². The highest BCUT2D eigenvalue weighted by Crippen LogP contribution is 2.43. The van der Waals surface area contributed by atoms with E-state index in [9.17, 15) is 35.5 Å². The van der Waals surface area contributed by atoms with Gasteiger partial charge in [-0.1, -0.05) is 59.1 Å². The van der Waals surface area contributed by atoms with Crippen molar-refractivity contribution in [2.45, 2.75) is 18.3 Å². The lowest BCUT2D eigenvalue weighted by Crippen LogP contribution is -2.20. The maximum Gasteiger partial charge on any atom is 0.417 e. The van der Waals surface area contributed by atoms with Crippen LogP contribution in [0.1, 0.15) is 33.0 Å². The molecule has 0 saturated heterocycles. The second-order valence-electron chi connectivity index (χ2n) is 7.95. The summed E-state index contributed by atoms with van der Waals surface area (Å²) in [5, 5.41) is 1.74. The second-order valence-corrected chi connectivity index (χ2v) is 9.15. The summed E-state index contributed by atoms with van der Waals surface area (Å²) in [7, 11) is 0. The van der Waals surface area contributed by atoms with Gasteiger partial charge in [0.1, 0.15) is 11.7 Å². The van der Waals surface area contributed by atoms with Crippen molar-refractivity contribution < 1.29 is 35.5 Å². The van der Waals surface area contributed by atoms with E-state index in [1.54, 1.807) is 12.1 Å². The molecule has 38 heavy (non-hydrogen) atoms. The highest BCUT2D eigenvalue weighted by molar-refractivity contribution is 6.48. The number of rotatable bonds is 7. The zero-order chi connectivity index (χ0) is 28.4. The molecule has 0 radical (unpaired) electrons. The molecule has 13 heteroatoms. The number of halogens is 10. The third-order valence-corrected chi connectivity index (χ3v) is 6.53. The topological polar surface area (TPSA) is 55.1 Å². The lowest BCUT2D eigenvalue weighted by Gasteiger charge is -2.19. The summed E-state index contributed by atoms with van der Waals surface area (Å²) in [5.41, 5.74) is 2.55. The van der Waals surface area contributed by atoms with E-state index in [-0.39, 0.29) is 32.9 Å². The quantitative estimate of drug-likeness (QED) is 0.123. The maximum atomic E-state index is 15.0. The molecular formula is C25H16Cl3F7N2O. The molecule has 0 saturated carbocycles. The zero-order valence-electron chi connectivity index (χ0n) is 18.8. The van der Waals surface area contributed by atoms with Crippen LogP contribution in [0.4, 0.5) is 42.1 Å². The average molecular weight is 600 g/mol. The van der Waals surface area contributed by atoms with Crippen LogP contribution in [0.15, 0.2) is 60.7 Å². The van der Waals surface area contributed by atoms with Gasteiger partial charge in [-0.25, -0.2) is 4.39 Å². The number of anilines is 2. The number of Topliss-reactive ketones (excluding diaryl/α,β-unsaturated/α-hetero) is 1. The van der Waals surface area contributed by atoms with Crippen LogP contribution in [0.3, 0.4) is 0 Å². The van der Waals surface area contributed by atoms with Crippen LogP contribution >= 0.6 is 34.8 Å². The molecule has 0 heterocycles. The number of carbonyl (C=O) groups is 1. The van der Waals surface area contributed by atoms with Crippen molar-refractivity contribution >= 4 is 57.8 Å². The van der Waals surface area contributed by atoms with E-state index in [0.717, 1.165) is 18.2 Å². The fourth-order valence-electron chi connectivity index (χ4n) is 3.48. The Morgan fingerprint density at radius 3 is 2.11 bits per heavy atom. The van der Waals surface area contributed by atoms with Gasteiger partial charge in [0.25, 0.3) is 0 Å². The van der Waals surface area contributed by atoms with Gasteiger partial charge in [0, 0.05) is 11.1 Å². The Labute approximate surface area is 227 Å². The Bertz CT molecular complexity index is 1370. The minimum atomic E-state index is -5.12. The van der Waals surface area contributed by atoms with E-state index < -0.39 is 58.7 Å². The zero-order valence-corrected chi connectivity index (χ0v) is 21.1. The monoisotopic (exact) mass is 598 g/mol. The molecule has 0 aliphatic rings. The van der Waals surface area contributed by atoms with Crippen LogP contribution in [-0.4, -0.2) is 18.5 Å². The van der Waals surface area contributed by atoms with Gasteiger partial charge in [-0.2, -0.15) is 26.3 Å². The molecule has 0 aliphatic carbocycles. The highest BCUT2D eigenvalue weighted by Gasteiger charge is 2.41. The third-order valence-electron chi connectivity index (χ3n) is 5.33. The summed E-state index contributed by atoms with van der Waals surface area (Å²) in [6.07, 6.45) is -10.1. The maximum absolute atomic E-state index is 15.0. The summed E-state index contributed by atoms with van der Waals surface area (Å²) in [6.45, 7) is -0.580. The molecule has 202 valence electrons. The van der Waals surface area contributed by atoms with Crippen molar-refractivity contribution in [3.8, 4) is 0 Å². The lowest BCUT2D eigenvalue weighted by molar-refractivity contribution is -0.140. The van der Waals surface area contributed by atoms with E-state index in [1.165, 1.54) is 12.1 Å². The molecule has 0 bridgehead atoms. The van der Waals surface area contributed by atoms with Gasteiger partial charge in [0.15, 0.2) is 5.78 Å². The fourth-order valence-corrected chi connectivity index (χ4v) is 4.09. The molecule has 0 fully saturated rings. The Morgan fingerprint density at radius 1 is 0.947 bits per heavy atom. The Hall–Kier alpha value is -2.95. The molecule has 0 spiro atoms. The molecule has 1 unspecified atom stereocenters. The van der Waals surface area contributed by atoms with E-state index >= 15 is 0 Å². The summed E-state index contributed by atoms with van der Waals surface area (Å²) in [5.74, 6) is -5.24. The lowest BCUT2D eigenvalue weighted by atomic mass is 9.95. The van der Waals surface area contributed by atoms with Gasteiger partial charge < -0.3 is 11.1 Å². The number of allylic oxidation sites excluding steroid dienone is 1. The number of benzene rings is 3. The van der Waals surface area contributed by atoms with E-state index in [2.05, 4.69) is 5.32 Å². The van der Waals surface area contributed by atoms with Gasteiger partial charge in [0.2, 0.25) is 0 Å². The SMILES string of the molecule is Nc1ccccc1NCC(=O)c1ccc(/C(F)=C/C(c2cc(Cl)c(Cl)c(Cl)c2)C(F)(F)F)cc1C(F)(F)F. The van der Waals surface area contributed by atoms with E-state index in [0.29, 0.717) is 11.8 Å². The fraction of sp³-hybridized carbons (Fsp3) is 0.160. The van der Waals surface area contributed by atoms with E-state index in [4.69, 9.17) is 40.5 Å². The third kappa shape index (κ3) is 6.92. The molecule has 0 aromatic heterocycles. The second kappa shape index (κ2) is 11.4. The first kappa shape index (κ1) is 29.6. The van der Waals surface area contributed by atoms with Crippen molar-refractivity contribution in [3.05, 3.63) is 98.0 Å². The van der Waals surface area contributed by atoms with Crippen molar-refractivity contribution in [2.24, 2.45) is 0 Å². The Morgan fingerprint density at radius 2 is 1.55 bits per heavy atom. The van der Waals surface area contributed by atoms with Gasteiger partial charge >= 0.3 is 12.4 Å². The molecule has 3 nitrogen and oxygen atoms in total. The number of alkyl halides is 6. The first-order valence-corrected chi connectivity index (χ1v) is 11.6. The number of nitrogens with one attached hydrogen (secondary N) is 1. The Kier molecular flexibility index (Phi) is 8.90. The van der Waals surface area contributed by atoms with Crippen LogP contribution in [0.5, 0.6) is 0 Å². The number of nitrogen functional groups attached to an aromatic ring is 1. The highest BCUT2D eigenvalue weighted by atomic mass is 35.5. The minimum absolute atomic E-state index is 0.0899. The summed E-state index contributed by atoms with van der Waals surface area (Å²) < 4.78 is 97.6. The normalized spacial score (nSPS) is 13.4. The van der Waals surface area contributed by atoms with Gasteiger partial charge in [-0.05, 0) is 42.0 Å². The number of ketones is 1. The standard InChI is InChI=1S/C25H16Cl3F7N2O/c26-17-8-13(9-18(27)23(17)28)15(24(30,31)32)10-19(29)12-5-6-14(16(7-12)25(33,34)35)22(38)11-37-21-4-2-1-3-20(21)36/h1-10,15,37H,11,36H2/b19-10-. The minimum Gasteiger partial charge on any atom is -0.397 e. The number of hydrogen-bond acceptors (Lipinski definition) is 3. The molecule has 3 N–H and O–H groups in total. The molecule has 3 rings (SSSR count). The number of para-hydroxylation sites is 2. The molecule has 1 atom stereocenters. The van der Waals surface area contributed by atoms with Crippen molar-refractivity contribution in [1.82, 2.24) is 0 Å². The number of carbonyl (C=O) groups excluding carboxylic acids is 1. The molecule has 3 aromatic rings. The summed E-state index contributed by atoms with van der Waals surface area (Å²) in [6, 6.07) is 9.62. The predicted octanol–water partition coefficient (Wildman–Crippen LogP) is 9.20. The number of hydrogen-bond donors (Lipinski definition) is 2. The largest absolute Gasteiger partial charge is 0.417 e. The van der Waals surface area contributed by atoms with Crippen molar-refractivity contribution in [1.29, 1.82) is 0 Å².